The molecule has 0 radical (unpaired) electrons. The van der Waals surface area contributed by atoms with Crippen molar-refractivity contribution in [1.82, 2.24) is 14.1 Å². The lowest BCUT2D eigenvalue weighted by Gasteiger charge is -2.14. The van der Waals surface area contributed by atoms with Gasteiger partial charge < -0.3 is 0 Å². The second-order valence-electron chi connectivity index (χ2n) is 4.39. The number of hydrogen-bond acceptors (Lipinski definition) is 4. The van der Waals surface area contributed by atoms with E-state index in [4.69, 9.17) is 5.26 Å². The molecule has 0 unspecified atom stereocenters. The SMILES string of the molecule is Cc1nn(C(C)C)cc1S(=O)(=O)N(C)CCC#N. The van der Waals surface area contributed by atoms with Gasteiger partial charge in [0.05, 0.1) is 11.8 Å². The summed E-state index contributed by atoms with van der Waals surface area (Å²) >= 11 is 0. The van der Waals surface area contributed by atoms with Crippen LogP contribution in [-0.2, 0) is 10.0 Å². The molecule has 1 aromatic heterocycles. The quantitative estimate of drug-likeness (QED) is 0.808. The van der Waals surface area contributed by atoms with E-state index in [1.54, 1.807) is 11.6 Å². The molecule has 0 amide bonds. The second-order valence-corrected chi connectivity index (χ2v) is 6.40. The fraction of sp³-hybridized carbons (Fsp3) is 0.636. The Balaban J connectivity index is 3.09. The van der Waals surface area contributed by atoms with Gasteiger partial charge in [0.1, 0.15) is 4.90 Å². The van der Waals surface area contributed by atoms with Gasteiger partial charge in [0, 0.05) is 32.3 Å². The van der Waals surface area contributed by atoms with Gasteiger partial charge in [-0.3, -0.25) is 4.68 Å². The van der Waals surface area contributed by atoms with E-state index in [9.17, 15) is 8.42 Å². The van der Waals surface area contributed by atoms with Gasteiger partial charge in [-0.25, -0.2) is 8.42 Å². The average Bonchev–Trinajstić information content (AvgIpc) is 2.68. The van der Waals surface area contributed by atoms with Crippen molar-refractivity contribution in [3.63, 3.8) is 0 Å². The molecule has 0 spiro atoms. The van der Waals surface area contributed by atoms with Crippen molar-refractivity contribution in [2.24, 2.45) is 0 Å². The fourth-order valence-corrected chi connectivity index (χ4v) is 2.80. The molecule has 0 atom stereocenters. The van der Waals surface area contributed by atoms with E-state index >= 15 is 0 Å². The van der Waals surface area contributed by atoms with E-state index in [0.29, 0.717) is 5.69 Å². The maximum Gasteiger partial charge on any atom is 0.246 e. The molecule has 0 saturated carbocycles. The van der Waals surface area contributed by atoms with Crippen molar-refractivity contribution >= 4 is 10.0 Å². The number of hydrogen-bond donors (Lipinski definition) is 0. The molecule has 0 N–H and O–H groups in total. The van der Waals surface area contributed by atoms with E-state index in [1.165, 1.54) is 17.5 Å². The Morgan fingerprint density at radius 1 is 1.56 bits per heavy atom. The van der Waals surface area contributed by atoms with Crippen LogP contribution in [0.4, 0.5) is 0 Å². The monoisotopic (exact) mass is 270 g/mol. The first-order chi connectivity index (χ1) is 8.30. The summed E-state index contributed by atoms with van der Waals surface area (Å²) in [4.78, 5) is 0.205. The third-order valence-corrected chi connectivity index (χ3v) is 4.59. The molecule has 0 aliphatic heterocycles. The maximum atomic E-state index is 12.3. The maximum absolute atomic E-state index is 12.3. The standard InChI is InChI=1S/C11H18N4O2S/c1-9(2)15-8-11(10(3)13-15)18(16,17)14(4)7-5-6-12/h8-9H,5,7H2,1-4H3. The molecule has 0 saturated heterocycles. The van der Waals surface area contributed by atoms with Gasteiger partial charge in [-0.1, -0.05) is 0 Å². The molecular formula is C11H18N4O2S. The van der Waals surface area contributed by atoms with Crippen LogP contribution in [0.2, 0.25) is 0 Å². The zero-order chi connectivity index (χ0) is 13.9. The van der Waals surface area contributed by atoms with Crippen LogP contribution >= 0.6 is 0 Å². The molecule has 1 heterocycles. The first-order valence-corrected chi connectivity index (χ1v) is 7.13. The van der Waals surface area contributed by atoms with E-state index < -0.39 is 10.0 Å². The first kappa shape index (κ1) is 14.7. The lowest BCUT2D eigenvalue weighted by atomic mass is 10.4. The predicted molar refractivity (Wildman–Crippen MR) is 67.4 cm³/mol. The highest BCUT2D eigenvalue weighted by Crippen LogP contribution is 2.19. The molecule has 0 aromatic carbocycles. The Labute approximate surface area is 108 Å². The zero-order valence-electron chi connectivity index (χ0n) is 11.1. The molecule has 1 rings (SSSR count). The third kappa shape index (κ3) is 2.89. The summed E-state index contributed by atoms with van der Waals surface area (Å²) in [5, 5.41) is 12.7. The Kier molecular flexibility index (Phi) is 4.48. The summed E-state index contributed by atoms with van der Waals surface area (Å²) in [6, 6.07) is 2.04. The number of nitriles is 1. The summed E-state index contributed by atoms with van der Waals surface area (Å²) in [5.74, 6) is 0. The summed E-state index contributed by atoms with van der Waals surface area (Å²) in [6.45, 7) is 5.72. The van der Waals surface area contributed by atoms with Crippen LogP contribution in [0.25, 0.3) is 0 Å². The Morgan fingerprint density at radius 3 is 2.61 bits per heavy atom. The van der Waals surface area contributed by atoms with Crippen LogP contribution < -0.4 is 0 Å². The van der Waals surface area contributed by atoms with Crippen LogP contribution in [0.1, 0.15) is 32.0 Å². The van der Waals surface area contributed by atoms with Crippen LogP contribution in [0.3, 0.4) is 0 Å². The topological polar surface area (TPSA) is 79.0 Å². The van der Waals surface area contributed by atoms with Crippen LogP contribution in [0.5, 0.6) is 0 Å². The van der Waals surface area contributed by atoms with Crippen molar-refractivity contribution < 1.29 is 8.42 Å². The van der Waals surface area contributed by atoms with Crippen LogP contribution in [-0.4, -0.2) is 36.1 Å². The van der Waals surface area contributed by atoms with Crippen LogP contribution in [0, 0.1) is 18.3 Å². The highest BCUT2D eigenvalue weighted by atomic mass is 32.2. The summed E-state index contributed by atoms with van der Waals surface area (Å²) < 4.78 is 27.3. The molecular weight excluding hydrogens is 252 g/mol. The number of aryl methyl sites for hydroxylation is 1. The van der Waals surface area contributed by atoms with Crippen molar-refractivity contribution in [2.75, 3.05) is 13.6 Å². The normalized spacial score (nSPS) is 12.1. The average molecular weight is 270 g/mol. The van der Waals surface area contributed by atoms with Crippen molar-refractivity contribution in [3.8, 4) is 6.07 Å². The van der Waals surface area contributed by atoms with Gasteiger partial charge in [-0.2, -0.15) is 14.7 Å². The van der Waals surface area contributed by atoms with Gasteiger partial charge in [0.25, 0.3) is 0 Å². The van der Waals surface area contributed by atoms with Crippen molar-refractivity contribution in [1.29, 1.82) is 5.26 Å². The predicted octanol–water partition coefficient (Wildman–Crippen LogP) is 1.31. The number of sulfonamides is 1. The fourth-order valence-electron chi connectivity index (χ4n) is 1.48. The van der Waals surface area contributed by atoms with E-state index in [2.05, 4.69) is 5.10 Å². The number of nitrogens with zero attached hydrogens (tertiary/aromatic N) is 4. The minimum atomic E-state index is -3.56. The van der Waals surface area contributed by atoms with Crippen molar-refractivity contribution in [2.45, 2.75) is 38.1 Å². The highest BCUT2D eigenvalue weighted by Gasteiger charge is 2.25. The minimum absolute atomic E-state index is 0.108. The molecule has 6 nitrogen and oxygen atoms in total. The molecule has 100 valence electrons. The smallest absolute Gasteiger partial charge is 0.246 e. The molecule has 18 heavy (non-hydrogen) atoms. The lowest BCUT2D eigenvalue weighted by Crippen LogP contribution is -2.28. The molecule has 0 fully saturated rings. The van der Waals surface area contributed by atoms with Gasteiger partial charge in [0.2, 0.25) is 10.0 Å². The molecule has 0 bridgehead atoms. The third-order valence-electron chi connectivity index (χ3n) is 2.63. The van der Waals surface area contributed by atoms with E-state index in [0.717, 1.165) is 0 Å². The molecule has 1 aromatic rings. The number of rotatable bonds is 5. The van der Waals surface area contributed by atoms with Crippen LogP contribution in [0.15, 0.2) is 11.1 Å². The van der Waals surface area contributed by atoms with Gasteiger partial charge in [0.15, 0.2) is 0 Å². The molecule has 0 aliphatic rings. The summed E-state index contributed by atoms with van der Waals surface area (Å²) in [7, 11) is -2.08. The zero-order valence-corrected chi connectivity index (χ0v) is 11.9. The van der Waals surface area contributed by atoms with Gasteiger partial charge in [-0.15, -0.1) is 0 Å². The van der Waals surface area contributed by atoms with Gasteiger partial charge in [-0.05, 0) is 20.8 Å². The Morgan fingerprint density at radius 2 is 2.17 bits per heavy atom. The Hall–Kier alpha value is -1.39. The lowest BCUT2D eigenvalue weighted by molar-refractivity contribution is 0.475. The number of aromatic nitrogens is 2. The Bertz CT molecular complexity index is 554. The molecule has 0 aliphatic carbocycles. The highest BCUT2D eigenvalue weighted by molar-refractivity contribution is 7.89. The van der Waals surface area contributed by atoms with Crippen molar-refractivity contribution in [3.05, 3.63) is 11.9 Å². The summed E-state index contributed by atoms with van der Waals surface area (Å²) in [6.07, 6.45) is 1.71. The van der Waals surface area contributed by atoms with E-state index in [-0.39, 0.29) is 23.9 Å². The molecule has 7 heteroatoms. The largest absolute Gasteiger partial charge is 0.269 e. The van der Waals surface area contributed by atoms with E-state index in [1.807, 2.05) is 19.9 Å². The van der Waals surface area contributed by atoms with Gasteiger partial charge >= 0.3 is 0 Å². The first-order valence-electron chi connectivity index (χ1n) is 5.69. The summed E-state index contributed by atoms with van der Waals surface area (Å²) in [5.41, 5.74) is 0.479. The second kappa shape index (κ2) is 5.50. The minimum Gasteiger partial charge on any atom is -0.269 e.